The van der Waals surface area contributed by atoms with E-state index in [0.29, 0.717) is 5.56 Å². The van der Waals surface area contributed by atoms with Gasteiger partial charge in [0.2, 0.25) is 11.9 Å². The highest BCUT2D eigenvalue weighted by atomic mass is 35.5. The first-order valence-electron chi connectivity index (χ1n) is 6.88. The molecule has 24 heavy (non-hydrogen) atoms. The summed E-state index contributed by atoms with van der Waals surface area (Å²) < 4.78 is 38.0. The van der Waals surface area contributed by atoms with Crippen LogP contribution in [0.4, 0.5) is 13.2 Å². The minimum absolute atomic E-state index is 0. The van der Waals surface area contributed by atoms with Gasteiger partial charge in [-0.1, -0.05) is 18.2 Å². The Hall–Kier alpha value is -2.00. The van der Waals surface area contributed by atoms with Crippen molar-refractivity contribution in [2.75, 3.05) is 6.61 Å². The molecule has 6 nitrogen and oxygen atoms in total. The summed E-state index contributed by atoms with van der Waals surface area (Å²) in [5.41, 5.74) is 10.3. The van der Waals surface area contributed by atoms with Gasteiger partial charge in [-0.05, 0) is 31.9 Å². The lowest BCUT2D eigenvalue weighted by Gasteiger charge is -2.36. The van der Waals surface area contributed by atoms with Gasteiger partial charge in [0.15, 0.2) is 5.66 Å². The number of nitrogens with two attached hydrogens (primary N) is 2. The molecule has 0 atom stereocenters. The molecule has 0 saturated carbocycles. The molecule has 4 N–H and O–H groups in total. The van der Waals surface area contributed by atoms with E-state index in [1.807, 2.05) is 0 Å². The van der Waals surface area contributed by atoms with E-state index < -0.39 is 17.4 Å². The first-order chi connectivity index (χ1) is 10.6. The number of alkyl halides is 3. The average Bonchev–Trinajstić information content (AvgIpc) is 2.40. The summed E-state index contributed by atoms with van der Waals surface area (Å²) in [5.74, 6) is 0.0942. The smallest absolute Gasteiger partial charge is 0.368 e. The molecule has 1 aliphatic rings. The van der Waals surface area contributed by atoms with Crippen molar-refractivity contribution in [2.24, 2.45) is 21.5 Å². The summed E-state index contributed by atoms with van der Waals surface area (Å²) in [7, 11) is 0. The molecule has 1 heterocycles. The van der Waals surface area contributed by atoms with Crippen molar-refractivity contribution >= 4 is 24.3 Å². The molecule has 0 spiro atoms. The quantitative estimate of drug-likeness (QED) is 0.856. The Labute approximate surface area is 143 Å². The van der Waals surface area contributed by atoms with Crippen LogP contribution in [0, 0.1) is 0 Å². The van der Waals surface area contributed by atoms with Crippen LogP contribution < -0.4 is 11.5 Å². The molecule has 0 bridgehead atoms. The molecule has 0 radical (unpaired) electrons. The van der Waals surface area contributed by atoms with Crippen molar-refractivity contribution in [3.05, 3.63) is 35.4 Å². The molecule has 0 amide bonds. The van der Waals surface area contributed by atoms with Crippen LogP contribution in [-0.2, 0) is 17.4 Å². The van der Waals surface area contributed by atoms with Gasteiger partial charge in [0.1, 0.15) is 0 Å². The summed E-state index contributed by atoms with van der Waals surface area (Å²) in [5, 5.41) is 1.29. The number of rotatable bonds is 4. The van der Waals surface area contributed by atoms with Crippen LogP contribution in [0.5, 0.6) is 0 Å². The van der Waals surface area contributed by atoms with Crippen LogP contribution in [-0.4, -0.2) is 29.3 Å². The molecule has 0 unspecified atom stereocenters. The number of hydroxylamine groups is 2. The molecule has 2 rings (SSSR count). The number of benzene rings is 1. The van der Waals surface area contributed by atoms with Crippen LogP contribution in [0.25, 0.3) is 0 Å². The average molecular weight is 366 g/mol. The summed E-state index contributed by atoms with van der Waals surface area (Å²) in [6.07, 6.45) is -4.09. The lowest BCUT2D eigenvalue weighted by molar-refractivity contribution is -0.156. The van der Waals surface area contributed by atoms with Crippen LogP contribution in [0.3, 0.4) is 0 Å². The Balaban J connectivity index is 0.00000288. The number of nitrogens with zero attached hydrogens (tertiary/aromatic N) is 3. The first kappa shape index (κ1) is 20.0. The standard InChI is InChI=1S/C14H18F3N5O.ClH/c1-13(2)21-11(18)20-12(19)22(13)23-7-6-9-4-3-5-10(8-9)14(15,16)17;/h3-5,8H,6-7H2,1-2H3,(H4,18,19,20,21);1H. The molecule has 134 valence electrons. The molecule has 1 aliphatic heterocycles. The fourth-order valence-corrected chi connectivity index (χ4v) is 2.18. The number of hydrogen-bond acceptors (Lipinski definition) is 6. The fraction of sp³-hybridized carbons (Fsp3) is 0.429. The predicted molar refractivity (Wildman–Crippen MR) is 87.5 cm³/mol. The molecular weight excluding hydrogens is 347 g/mol. The molecular formula is C14H19ClF3N5O. The Kier molecular flexibility index (Phi) is 6.07. The summed E-state index contributed by atoms with van der Waals surface area (Å²) in [6, 6.07) is 5.09. The molecule has 0 aliphatic carbocycles. The molecule has 1 aromatic carbocycles. The van der Waals surface area contributed by atoms with E-state index in [-0.39, 0.29) is 37.4 Å². The third-order valence-electron chi connectivity index (χ3n) is 3.19. The van der Waals surface area contributed by atoms with E-state index in [1.165, 1.54) is 11.1 Å². The zero-order valence-corrected chi connectivity index (χ0v) is 14.0. The maximum Gasteiger partial charge on any atom is 0.416 e. The van der Waals surface area contributed by atoms with Crippen molar-refractivity contribution in [1.82, 2.24) is 5.06 Å². The fourth-order valence-electron chi connectivity index (χ4n) is 2.18. The van der Waals surface area contributed by atoms with E-state index >= 15 is 0 Å². The second-order valence-electron chi connectivity index (χ2n) is 5.51. The highest BCUT2D eigenvalue weighted by molar-refractivity contribution is 5.95. The normalized spacial score (nSPS) is 17.0. The topological polar surface area (TPSA) is 89.2 Å². The van der Waals surface area contributed by atoms with E-state index in [0.717, 1.165) is 12.1 Å². The van der Waals surface area contributed by atoms with Crippen molar-refractivity contribution in [1.29, 1.82) is 0 Å². The van der Waals surface area contributed by atoms with Crippen LogP contribution >= 0.6 is 12.4 Å². The van der Waals surface area contributed by atoms with Gasteiger partial charge in [-0.15, -0.1) is 12.4 Å². The Morgan fingerprint density at radius 3 is 2.50 bits per heavy atom. The van der Waals surface area contributed by atoms with Gasteiger partial charge < -0.3 is 11.5 Å². The van der Waals surface area contributed by atoms with Gasteiger partial charge in [0.25, 0.3) is 0 Å². The van der Waals surface area contributed by atoms with Gasteiger partial charge in [-0.25, -0.2) is 4.99 Å². The minimum Gasteiger partial charge on any atom is -0.368 e. The number of hydrogen-bond donors (Lipinski definition) is 2. The Morgan fingerprint density at radius 1 is 1.25 bits per heavy atom. The minimum atomic E-state index is -4.37. The summed E-state index contributed by atoms with van der Waals surface area (Å²) in [4.78, 5) is 13.4. The van der Waals surface area contributed by atoms with Crippen LogP contribution in [0.1, 0.15) is 25.0 Å². The van der Waals surface area contributed by atoms with Crippen molar-refractivity contribution in [3.8, 4) is 0 Å². The predicted octanol–water partition coefficient (Wildman–Crippen LogP) is 2.28. The number of aliphatic imine (C=N–C) groups is 2. The first-order valence-corrected chi connectivity index (χ1v) is 6.88. The lowest BCUT2D eigenvalue weighted by Crippen LogP contribution is -2.53. The SMILES string of the molecule is CC1(C)N=C(N)N=C(N)N1OCCc1cccc(C(F)(F)F)c1.Cl. The van der Waals surface area contributed by atoms with Gasteiger partial charge in [0, 0.05) is 0 Å². The van der Waals surface area contributed by atoms with E-state index in [2.05, 4.69) is 9.98 Å². The third-order valence-corrected chi connectivity index (χ3v) is 3.19. The van der Waals surface area contributed by atoms with Gasteiger partial charge in [-0.2, -0.15) is 23.2 Å². The largest absolute Gasteiger partial charge is 0.416 e. The Morgan fingerprint density at radius 2 is 1.92 bits per heavy atom. The van der Waals surface area contributed by atoms with Crippen molar-refractivity contribution < 1.29 is 18.0 Å². The van der Waals surface area contributed by atoms with Gasteiger partial charge >= 0.3 is 6.18 Å². The molecule has 0 saturated heterocycles. The third kappa shape index (κ3) is 4.75. The molecule has 0 fully saturated rings. The zero-order chi connectivity index (χ0) is 17.3. The molecule has 10 heteroatoms. The summed E-state index contributed by atoms with van der Waals surface area (Å²) in [6.45, 7) is 3.58. The summed E-state index contributed by atoms with van der Waals surface area (Å²) >= 11 is 0. The maximum atomic E-state index is 12.7. The highest BCUT2D eigenvalue weighted by Gasteiger charge is 2.33. The van der Waals surface area contributed by atoms with E-state index in [9.17, 15) is 13.2 Å². The Bertz CT molecular complexity index is 646. The van der Waals surface area contributed by atoms with E-state index in [4.69, 9.17) is 16.3 Å². The molecule has 1 aromatic rings. The van der Waals surface area contributed by atoms with E-state index in [1.54, 1.807) is 19.9 Å². The van der Waals surface area contributed by atoms with Crippen LogP contribution in [0.2, 0.25) is 0 Å². The second kappa shape index (κ2) is 7.27. The monoisotopic (exact) mass is 365 g/mol. The van der Waals surface area contributed by atoms with Crippen LogP contribution in [0.15, 0.2) is 34.3 Å². The zero-order valence-electron chi connectivity index (χ0n) is 13.2. The maximum absolute atomic E-state index is 12.7. The molecule has 0 aromatic heterocycles. The van der Waals surface area contributed by atoms with Crippen molar-refractivity contribution in [2.45, 2.75) is 32.1 Å². The number of guanidine groups is 2. The second-order valence-corrected chi connectivity index (χ2v) is 5.51. The van der Waals surface area contributed by atoms with Gasteiger partial charge in [0.05, 0.1) is 12.2 Å². The highest BCUT2D eigenvalue weighted by Crippen LogP contribution is 2.29. The van der Waals surface area contributed by atoms with Crippen molar-refractivity contribution in [3.63, 3.8) is 0 Å². The van der Waals surface area contributed by atoms with Gasteiger partial charge in [-0.3, -0.25) is 4.84 Å². The lowest BCUT2D eigenvalue weighted by atomic mass is 10.1. The number of halogens is 4.